The van der Waals surface area contributed by atoms with Gasteiger partial charge in [-0.3, -0.25) is 4.79 Å². The van der Waals surface area contributed by atoms with Crippen LogP contribution in [0.1, 0.15) is 49.3 Å². The van der Waals surface area contributed by atoms with Crippen molar-refractivity contribution in [2.24, 2.45) is 0 Å². The van der Waals surface area contributed by atoms with Crippen molar-refractivity contribution >= 4 is 5.97 Å². The Morgan fingerprint density at radius 3 is 3.13 bits per heavy atom. The van der Waals surface area contributed by atoms with Crippen LogP contribution in [0.4, 0.5) is 0 Å². The number of H-pyrrole nitrogens is 1. The quantitative estimate of drug-likeness (QED) is 0.796. The zero-order valence-electron chi connectivity index (χ0n) is 8.92. The van der Waals surface area contributed by atoms with Crippen molar-refractivity contribution in [3.63, 3.8) is 0 Å². The number of carboxylic acids is 1. The molecular formula is C11H16N2O2. The van der Waals surface area contributed by atoms with Gasteiger partial charge in [0, 0.05) is 12.1 Å². The third-order valence-electron chi connectivity index (χ3n) is 2.89. The zero-order valence-corrected chi connectivity index (χ0v) is 8.92. The summed E-state index contributed by atoms with van der Waals surface area (Å²) in [5, 5.41) is 9.07. The van der Waals surface area contributed by atoms with Crippen molar-refractivity contribution in [1.82, 2.24) is 9.97 Å². The number of imidazole rings is 1. The Morgan fingerprint density at radius 2 is 2.47 bits per heavy atom. The molecule has 0 bridgehead atoms. The summed E-state index contributed by atoms with van der Waals surface area (Å²) in [5.74, 6) is -0.197. The molecule has 0 spiro atoms. The van der Waals surface area contributed by atoms with Gasteiger partial charge in [0.15, 0.2) is 0 Å². The molecule has 1 atom stereocenters. The summed E-state index contributed by atoms with van der Waals surface area (Å²) in [4.78, 5) is 18.7. The zero-order chi connectivity index (χ0) is 10.8. The van der Waals surface area contributed by atoms with E-state index >= 15 is 0 Å². The van der Waals surface area contributed by atoms with E-state index in [0.717, 1.165) is 49.3 Å². The summed E-state index contributed by atoms with van der Waals surface area (Å²) in [5.41, 5.74) is 1.81. The van der Waals surface area contributed by atoms with Crippen LogP contribution in [-0.2, 0) is 17.6 Å². The smallest absolute Gasteiger partial charge is 0.312 e. The maximum Gasteiger partial charge on any atom is 0.312 e. The van der Waals surface area contributed by atoms with E-state index in [4.69, 9.17) is 5.11 Å². The first-order valence-corrected chi connectivity index (χ1v) is 5.52. The normalized spacial score (nSPS) is 19.9. The number of fused-ring (bicyclic) bond motifs is 1. The second-order valence-corrected chi connectivity index (χ2v) is 4.08. The third-order valence-corrected chi connectivity index (χ3v) is 2.89. The van der Waals surface area contributed by atoms with Crippen molar-refractivity contribution in [2.75, 3.05) is 0 Å². The first-order valence-electron chi connectivity index (χ1n) is 5.52. The lowest BCUT2D eigenvalue weighted by Crippen LogP contribution is -2.17. The fourth-order valence-electron chi connectivity index (χ4n) is 2.17. The molecule has 82 valence electrons. The Hall–Kier alpha value is -1.32. The lowest BCUT2D eigenvalue weighted by Gasteiger charge is -2.16. The molecule has 1 aromatic heterocycles. The molecule has 4 heteroatoms. The largest absolute Gasteiger partial charge is 0.481 e. The molecule has 15 heavy (non-hydrogen) atoms. The molecule has 4 nitrogen and oxygen atoms in total. The first kappa shape index (κ1) is 10.2. The fraction of sp³-hybridized carbons (Fsp3) is 0.636. The molecule has 2 rings (SSSR count). The van der Waals surface area contributed by atoms with Crippen molar-refractivity contribution in [3.8, 4) is 0 Å². The molecule has 2 N–H and O–H groups in total. The molecule has 0 saturated heterocycles. The van der Waals surface area contributed by atoms with E-state index in [9.17, 15) is 4.79 Å². The second-order valence-electron chi connectivity index (χ2n) is 4.08. The van der Waals surface area contributed by atoms with Gasteiger partial charge in [0.05, 0.1) is 5.69 Å². The van der Waals surface area contributed by atoms with Crippen molar-refractivity contribution in [1.29, 1.82) is 0 Å². The van der Waals surface area contributed by atoms with Crippen molar-refractivity contribution in [3.05, 3.63) is 17.2 Å². The maximum atomic E-state index is 11.0. The predicted molar refractivity (Wildman–Crippen MR) is 55.9 cm³/mol. The third kappa shape index (κ3) is 1.89. The van der Waals surface area contributed by atoms with E-state index in [2.05, 4.69) is 16.9 Å². The van der Waals surface area contributed by atoms with Gasteiger partial charge in [-0.15, -0.1) is 0 Å². The van der Waals surface area contributed by atoms with Crippen molar-refractivity contribution < 1.29 is 9.90 Å². The van der Waals surface area contributed by atoms with Crippen LogP contribution in [-0.4, -0.2) is 21.0 Å². The van der Waals surface area contributed by atoms with E-state index in [-0.39, 0.29) is 0 Å². The Bertz CT molecular complexity index is 371. The van der Waals surface area contributed by atoms with Crippen LogP contribution in [0.5, 0.6) is 0 Å². The first-order chi connectivity index (χ1) is 7.22. The standard InChI is InChI=1S/C11H16N2O2/c1-2-4-9-12-8-6-3-5-7(11(14)15)10(8)13-9/h7H,2-6H2,1H3,(H,12,13)(H,14,15). The number of carboxylic acid groups (broad SMARTS) is 1. The van der Waals surface area contributed by atoms with Gasteiger partial charge in [0.1, 0.15) is 11.7 Å². The number of aromatic nitrogens is 2. The van der Waals surface area contributed by atoms with Gasteiger partial charge >= 0.3 is 5.97 Å². The highest BCUT2D eigenvalue weighted by Gasteiger charge is 2.29. The monoisotopic (exact) mass is 208 g/mol. The summed E-state index contributed by atoms with van der Waals surface area (Å²) >= 11 is 0. The van der Waals surface area contributed by atoms with Crippen LogP contribution >= 0.6 is 0 Å². The topological polar surface area (TPSA) is 66.0 Å². The lowest BCUT2D eigenvalue weighted by molar-refractivity contribution is -0.139. The predicted octanol–water partition coefficient (Wildman–Crippen LogP) is 1.87. The van der Waals surface area contributed by atoms with Crippen LogP contribution in [0.3, 0.4) is 0 Å². The Balaban J connectivity index is 2.30. The molecule has 0 fully saturated rings. The average Bonchev–Trinajstić information content (AvgIpc) is 2.59. The summed E-state index contributed by atoms with van der Waals surface area (Å²) in [6, 6.07) is 0. The van der Waals surface area contributed by atoms with Crippen LogP contribution in [0, 0.1) is 0 Å². The minimum absolute atomic E-state index is 0.393. The second kappa shape index (κ2) is 4.04. The molecule has 0 radical (unpaired) electrons. The van der Waals surface area contributed by atoms with E-state index in [1.165, 1.54) is 0 Å². The van der Waals surface area contributed by atoms with Gasteiger partial charge in [0.2, 0.25) is 0 Å². The highest BCUT2D eigenvalue weighted by atomic mass is 16.4. The van der Waals surface area contributed by atoms with E-state index in [1.807, 2.05) is 0 Å². The molecular weight excluding hydrogens is 192 g/mol. The molecule has 0 saturated carbocycles. The number of hydrogen-bond acceptors (Lipinski definition) is 2. The number of aryl methyl sites for hydroxylation is 2. The Kier molecular flexibility index (Phi) is 2.75. The van der Waals surface area contributed by atoms with Crippen LogP contribution < -0.4 is 0 Å². The van der Waals surface area contributed by atoms with E-state index < -0.39 is 11.9 Å². The maximum absolute atomic E-state index is 11.0. The van der Waals surface area contributed by atoms with Gasteiger partial charge in [0.25, 0.3) is 0 Å². The van der Waals surface area contributed by atoms with Crippen LogP contribution in [0.25, 0.3) is 0 Å². The molecule has 1 heterocycles. The lowest BCUT2D eigenvalue weighted by atomic mass is 9.90. The van der Waals surface area contributed by atoms with Gasteiger partial charge < -0.3 is 10.1 Å². The fourth-order valence-corrected chi connectivity index (χ4v) is 2.17. The Labute approximate surface area is 88.7 Å². The van der Waals surface area contributed by atoms with Crippen molar-refractivity contribution in [2.45, 2.75) is 44.9 Å². The number of nitrogens with zero attached hydrogens (tertiary/aromatic N) is 1. The van der Waals surface area contributed by atoms with E-state index in [1.54, 1.807) is 0 Å². The number of hydrogen-bond donors (Lipinski definition) is 2. The minimum atomic E-state index is -0.745. The summed E-state index contributed by atoms with van der Waals surface area (Å²) in [7, 11) is 0. The van der Waals surface area contributed by atoms with E-state index in [0.29, 0.717) is 0 Å². The SMILES string of the molecule is CCCc1nc2c([nH]1)CCCC2C(=O)O. The number of aliphatic carboxylic acids is 1. The number of carbonyl (C=O) groups is 1. The minimum Gasteiger partial charge on any atom is -0.481 e. The summed E-state index contributed by atoms with van der Waals surface area (Å²) in [6.07, 6.45) is 4.54. The number of nitrogens with one attached hydrogen (secondary N) is 1. The molecule has 0 aromatic carbocycles. The Morgan fingerprint density at radius 1 is 1.67 bits per heavy atom. The number of aromatic amines is 1. The average molecular weight is 208 g/mol. The van der Waals surface area contributed by atoms with Crippen LogP contribution in [0.2, 0.25) is 0 Å². The van der Waals surface area contributed by atoms with Crippen LogP contribution in [0.15, 0.2) is 0 Å². The molecule has 1 aliphatic rings. The molecule has 0 aliphatic heterocycles. The number of rotatable bonds is 3. The molecule has 1 unspecified atom stereocenters. The highest BCUT2D eigenvalue weighted by Crippen LogP contribution is 2.30. The molecule has 0 amide bonds. The highest BCUT2D eigenvalue weighted by molar-refractivity contribution is 5.76. The molecule has 1 aromatic rings. The molecule has 1 aliphatic carbocycles. The van der Waals surface area contributed by atoms with Gasteiger partial charge in [-0.05, 0) is 25.7 Å². The summed E-state index contributed by atoms with van der Waals surface area (Å²) in [6.45, 7) is 2.09. The van der Waals surface area contributed by atoms with Gasteiger partial charge in [-0.1, -0.05) is 6.92 Å². The van der Waals surface area contributed by atoms with Gasteiger partial charge in [-0.25, -0.2) is 4.98 Å². The summed E-state index contributed by atoms with van der Waals surface area (Å²) < 4.78 is 0. The van der Waals surface area contributed by atoms with Gasteiger partial charge in [-0.2, -0.15) is 0 Å².